The van der Waals surface area contributed by atoms with Crippen molar-refractivity contribution < 1.29 is 4.74 Å². The molecule has 0 saturated carbocycles. The van der Waals surface area contributed by atoms with E-state index in [4.69, 9.17) is 9.84 Å². The molecule has 5 aromatic rings. The smallest absolute Gasteiger partial charge is 0.282 e. The largest absolute Gasteiger partial charge is 0.497 e. The molecule has 0 radical (unpaired) electrons. The van der Waals surface area contributed by atoms with Crippen LogP contribution in [0.5, 0.6) is 5.75 Å². The van der Waals surface area contributed by atoms with E-state index < -0.39 is 0 Å². The summed E-state index contributed by atoms with van der Waals surface area (Å²) in [7, 11) is 1.61. The molecule has 1 saturated heterocycles. The van der Waals surface area contributed by atoms with Crippen LogP contribution in [0.1, 0.15) is 24.7 Å². The zero-order chi connectivity index (χ0) is 21.7. The first-order valence-electron chi connectivity index (χ1n) is 10.4. The number of hydrogen-bond acceptors (Lipinski definition) is 7. The lowest BCUT2D eigenvalue weighted by molar-refractivity contribution is 0.414. The molecule has 1 aromatic carbocycles. The molecule has 1 aliphatic rings. The molecule has 32 heavy (non-hydrogen) atoms. The Morgan fingerprint density at radius 3 is 3.00 bits per heavy atom. The monoisotopic (exact) mass is 428 g/mol. The maximum absolute atomic E-state index is 13.6. The predicted octanol–water partition coefficient (Wildman–Crippen LogP) is 2.50. The summed E-state index contributed by atoms with van der Waals surface area (Å²) < 4.78 is 8.74. The number of fused-ring (bicyclic) bond motifs is 2. The molecule has 10 heteroatoms. The van der Waals surface area contributed by atoms with Crippen molar-refractivity contribution in [3.8, 4) is 11.4 Å². The van der Waals surface area contributed by atoms with Crippen molar-refractivity contribution in [1.82, 2.24) is 34.1 Å². The van der Waals surface area contributed by atoms with Gasteiger partial charge in [-0.2, -0.15) is 5.10 Å². The molecule has 5 heterocycles. The summed E-state index contributed by atoms with van der Waals surface area (Å²) in [5.74, 6) is 2.08. The highest BCUT2D eigenvalue weighted by molar-refractivity contribution is 5.83. The van der Waals surface area contributed by atoms with Gasteiger partial charge in [0.25, 0.3) is 5.56 Å². The fraction of sp³-hybridized carbons (Fsp3) is 0.227. The van der Waals surface area contributed by atoms with Crippen LogP contribution in [0.2, 0.25) is 0 Å². The van der Waals surface area contributed by atoms with Crippen molar-refractivity contribution in [1.29, 1.82) is 0 Å². The minimum Gasteiger partial charge on any atom is -0.497 e. The zero-order valence-corrected chi connectivity index (χ0v) is 17.3. The Bertz CT molecular complexity index is 1500. The van der Waals surface area contributed by atoms with Gasteiger partial charge < -0.3 is 14.6 Å². The van der Waals surface area contributed by atoms with E-state index in [-0.39, 0.29) is 11.6 Å². The maximum Gasteiger partial charge on any atom is 0.282 e. The molecule has 4 aromatic heterocycles. The molecule has 1 atom stereocenters. The molecule has 0 bridgehead atoms. The predicted molar refractivity (Wildman–Crippen MR) is 118 cm³/mol. The lowest BCUT2D eigenvalue weighted by atomic mass is 10.2. The van der Waals surface area contributed by atoms with Crippen molar-refractivity contribution in [3.05, 3.63) is 71.4 Å². The van der Waals surface area contributed by atoms with E-state index in [0.29, 0.717) is 28.4 Å². The Morgan fingerprint density at radius 2 is 2.09 bits per heavy atom. The number of rotatable bonds is 4. The third-order valence-electron chi connectivity index (χ3n) is 5.93. The number of aromatic amines is 1. The number of hydrogen-bond donors (Lipinski definition) is 1. The van der Waals surface area contributed by atoms with Crippen LogP contribution in [0, 0.1) is 0 Å². The fourth-order valence-corrected chi connectivity index (χ4v) is 4.48. The molecule has 160 valence electrons. The Labute approximate surface area is 182 Å². The molecular weight excluding hydrogens is 408 g/mol. The summed E-state index contributed by atoms with van der Waals surface area (Å²) in [6.45, 7) is 0.785. The van der Waals surface area contributed by atoms with Gasteiger partial charge in [-0.3, -0.25) is 9.36 Å². The summed E-state index contributed by atoms with van der Waals surface area (Å²) in [6.07, 6.45) is 6.72. The van der Waals surface area contributed by atoms with Crippen LogP contribution in [0.3, 0.4) is 0 Å². The van der Waals surface area contributed by atoms with Crippen molar-refractivity contribution in [3.63, 3.8) is 0 Å². The van der Waals surface area contributed by atoms with Gasteiger partial charge in [0.2, 0.25) is 0 Å². The van der Waals surface area contributed by atoms with Gasteiger partial charge >= 0.3 is 0 Å². The maximum atomic E-state index is 13.6. The van der Waals surface area contributed by atoms with Crippen LogP contribution in [0.15, 0.2) is 60.0 Å². The summed E-state index contributed by atoms with van der Waals surface area (Å²) in [5, 5.41) is 4.88. The molecule has 1 N–H and O–H groups in total. The number of benzene rings is 1. The number of H-pyrrole nitrogens is 1. The highest BCUT2D eigenvalue weighted by Gasteiger charge is 2.33. The lowest BCUT2D eigenvalue weighted by Gasteiger charge is -2.27. The number of nitrogens with one attached hydrogen (secondary N) is 1. The molecular formula is C22H20N8O2. The zero-order valence-electron chi connectivity index (χ0n) is 17.3. The Kier molecular flexibility index (Phi) is 4.17. The van der Waals surface area contributed by atoms with Gasteiger partial charge in [-0.1, -0.05) is 6.07 Å². The number of methoxy groups -OCH3 is 1. The second-order valence-electron chi connectivity index (χ2n) is 7.69. The van der Waals surface area contributed by atoms with E-state index in [9.17, 15) is 4.79 Å². The van der Waals surface area contributed by atoms with Gasteiger partial charge in [0, 0.05) is 18.8 Å². The average molecular weight is 428 g/mol. The average Bonchev–Trinajstić information content (AvgIpc) is 3.58. The highest BCUT2D eigenvalue weighted by atomic mass is 16.5. The number of nitrogens with zero attached hydrogens (tertiary/aromatic N) is 7. The first-order chi connectivity index (χ1) is 15.7. The van der Waals surface area contributed by atoms with E-state index in [1.54, 1.807) is 34.8 Å². The second kappa shape index (κ2) is 7.19. The van der Waals surface area contributed by atoms with E-state index >= 15 is 0 Å². The van der Waals surface area contributed by atoms with Gasteiger partial charge in [-0.25, -0.2) is 19.5 Å². The lowest BCUT2D eigenvalue weighted by Crippen LogP contribution is -2.33. The Hall–Kier alpha value is -4.21. The van der Waals surface area contributed by atoms with E-state index in [2.05, 4.69) is 24.8 Å². The third kappa shape index (κ3) is 2.76. The van der Waals surface area contributed by atoms with Gasteiger partial charge in [-0.05, 0) is 37.1 Å². The third-order valence-corrected chi connectivity index (χ3v) is 5.93. The molecule has 0 aliphatic carbocycles. The van der Waals surface area contributed by atoms with E-state index in [0.717, 1.165) is 30.7 Å². The van der Waals surface area contributed by atoms with Crippen LogP contribution in [-0.4, -0.2) is 47.8 Å². The van der Waals surface area contributed by atoms with Crippen molar-refractivity contribution in [2.24, 2.45) is 0 Å². The van der Waals surface area contributed by atoms with Gasteiger partial charge in [0.15, 0.2) is 17.3 Å². The molecule has 1 aliphatic heterocycles. The first-order valence-corrected chi connectivity index (χ1v) is 10.4. The normalized spacial score (nSPS) is 16.3. The molecule has 0 amide bonds. The number of imidazole rings is 1. The Morgan fingerprint density at radius 1 is 1.16 bits per heavy atom. The summed E-state index contributed by atoms with van der Waals surface area (Å²) in [6, 6.07) is 10.9. The number of anilines is 1. The fourth-order valence-electron chi connectivity index (χ4n) is 4.48. The molecule has 0 spiro atoms. The van der Waals surface area contributed by atoms with Crippen LogP contribution >= 0.6 is 0 Å². The summed E-state index contributed by atoms with van der Waals surface area (Å²) in [5.41, 5.74) is 2.48. The van der Waals surface area contributed by atoms with Gasteiger partial charge in [0.1, 0.15) is 23.1 Å². The second-order valence-corrected chi connectivity index (χ2v) is 7.69. The minimum absolute atomic E-state index is 0.130. The highest BCUT2D eigenvalue weighted by Crippen LogP contribution is 2.37. The van der Waals surface area contributed by atoms with Crippen LogP contribution < -0.4 is 15.2 Å². The van der Waals surface area contributed by atoms with Gasteiger partial charge in [-0.15, -0.1) is 0 Å². The minimum atomic E-state index is -0.151. The van der Waals surface area contributed by atoms with Crippen LogP contribution in [0.4, 0.5) is 5.82 Å². The first kappa shape index (κ1) is 18.6. The number of ether oxygens (including phenoxy) is 1. The molecule has 6 rings (SSSR count). The quantitative estimate of drug-likeness (QED) is 0.469. The van der Waals surface area contributed by atoms with Crippen molar-refractivity contribution in [2.45, 2.75) is 18.9 Å². The Balaban J connectivity index is 1.58. The van der Waals surface area contributed by atoms with Crippen molar-refractivity contribution >= 4 is 22.5 Å². The summed E-state index contributed by atoms with van der Waals surface area (Å²) in [4.78, 5) is 31.9. The standard InChI is InChI=1S/C22H20N8O2/c1-32-15-6-2-5-14(11-15)30-20(27-29-10-4-8-17(29)22(30)31)16-7-3-9-28(16)21-18-19(24-12-23-18)25-13-26-21/h2,4-6,8,10-13,16H,3,7,9H2,1H3,(H,23,24,25,26)/t16-/m0/s1. The van der Waals surface area contributed by atoms with Crippen LogP contribution in [-0.2, 0) is 0 Å². The SMILES string of the molecule is COc1cccc(-n2c([C@@H]3CCCN3c3ncnc4nc[nH]c34)nn3cccc3c2=O)c1. The van der Waals surface area contributed by atoms with E-state index in [1.807, 2.05) is 30.3 Å². The topological polar surface area (TPSA) is 106 Å². The summed E-state index contributed by atoms with van der Waals surface area (Å²) >= 11 is 0. The van der Waals surface area contributed by atoms with E-state index in [1.165, 1.54) is 6.33 Å². The molecule has 0 unspecified atom stereocenters. The molecule has 10 nitrogen and oxygen atoms in total. The van der Waals surface area contributed by atoms with Crippen LogP contribution in [0.25, 0.3) is 22.4 Å². The molecule has 1 fully saturated rings. The van der Waals surface area contributed by atoms with Gasteiger partial charge in [0.05, 0.1) is 25.2 Å². The van der Waals surface area contributed by atoms with Crippen molar-refractivity contribution in [2.75, 3.05) is 18.6 Å². The number of aromatic nitrogens is 7.